The van der Waals surface area contributed by atoms with Crippen molar-refractivity contribution >= 4 is 56.3 Å². The number of benzene rings is 2. The largest absolute Gasteiger partial charge is 0.330 e. The summed E-state index contributed by atoms with van der Waals surface area (Å²) < 4.78 is 17.2. The molecule has 104 valence electrons. The Morgan fingerprint density at radius 2 is 2.05 bits per heavy atom. The summed E-state index contributed by atoms with van der Waals surface area (Å²) >= 11 is 13.0. The maximum absolute atomic E-state index is 13.6. The van der Waals surface area contributed by atoms with Crippen LogP contribution in [0.5, 0.6) is 0 Å². The molecule has 2 aromatic heterocycles. The Hall–Kier alpha value is -1.69. The predicted octanol–water partition coefficient (Wildman–Crippen LogP) is 5.70. The fourth-order valence-corrected chi connectivity index (χ4v) is 3.69. The molecule has 2 aromatic carbocycles. The minimum absolute atomic E-state index is 0.0851. The first-order chi connectivity index (χ1) is 10.1. The van der Waals surface area contributed by atoms with Gasteiger partial charge in [0, 0.05) is 16.5 Å². The van der Waals surface area contributed by atoms with Gasteiger partial charge < -0.3 is 4.98 Å². The zero-order valence-corrected chi connectivity index (χ0v) is 13.0. The van der Waals surface area contributed by atoms with Crippen LogP contribution in [0.3, 0.4) is 0 Å². The van der Waals surface area contributed by atoms with E-state index in [2.05, 4.69) is 28.6 Å². The molecule has 0 radical (unpaired) electrons. The molecule has 4 rings (SSSR count). The second-order valence-corrected chi connectivity index (χ2v) is 6.43. The third kappa shape index (κ3) is 2.00. The topological polar surface area (TPSA) is 20.7 Å². The van der Waals surface area contributed by atoms with Crippen LogP contribution < -0.4 is 0 Å². The molecule has 6 heteroatoms. The van der Waals surface area contributed by atoms with Crippen molar-refractivity contribution < 1.29 is 4.39 Å². The highest BCUT2D eigenvalue weighted by molar-refractivity contribution is 7.71. The lowest BCUT2D eigenvalue weighted by Crippen LogP contribution is -1.93. The number of hydrogen-bond donors (Lipinski definition) is 1. The first kappa shape index (κ1) is 13.0. The van der Waals surface area contributed by atoms with Crippen molar-refractivity contribution in [3.05, 3.63) is 57.4 Å². The summed E-state index contributed by atoms with van der Waals surface area (Å²) in [4.78, 5) is 3.02. The molecule has 2 heterocycles. The molecule has 2 nitrogen and oxygen atoms in total. The van der Waals surface area contributed by atoms with Gasteiger partial charge >= 0.3 is 0 Å². The van der Waals surface area contributed by atoms with E-state index in [1.165, 1.54) is 10.8 Å². The monoisotopic (exact) mass is 334 g/mol. The maximum Gasteiger partial charge on any atom is 0.182 e. The average molecular weight is 335 g/mol. The quantitative estimate of drug-likeness (QED) is 0.443. The Morgan fingerprint density at radius 3 is 2.90 bits per heavy atom. The Morgan fingerprint density at radius 1 is 1.19 bits per heavy atom. The third-order valence-electron chi connectivity index (χ3n) is 3.42. The van der Waals surface area contributed by atoms with E-state index >= 15 is 0 Å². The van der Waals surface area contributed by atoms with Crippen molar-refractivity contribution in [2.45, 2.75) is 0 Å². The third-order valence-corrected chi connectivity index (χ3v) is 4.89. The Labute approximate surface area is 133 Å². The SMILES string of the molecule is Fc1cc2[nH]c(=S)n(-c3ccc4sccc4c3)c2cc1Cl. The lowest BCUT2D eigenvalue weighted by molar-refractivity contribution is 0.630. The number of aromatic amines is 1. The van der Waals surface area contributed by atoms with Gasteiger partial charge in [0.2, 0.25) is 0 Å². The summed E-state index contributed by atoms with van der Waals surface area (Å²) in [6.07, 6.45) is 0. The Bertz CT molecular complexity index is 1040. The molecule has 4 aromatic rings. The molecule has 0 aliphatic carbocycles. The summed E-state index contributed by atoms with van der Waals surface area (Å²) in [5, 5.41) is 3.29. The van der Waals surface area contributed by atoms with Crippen molar-refractivity contribution in [1.29, 1.82) is 0 Å². The van der Waals surface area contributed by atoms with Gasteiger partial charge in [-0.05, 0) is 53.3 Å². The van der Waals surface area contributed by atoms with Crippen molar-refractivity contribution in [1.82, 2.24) is 9.55 Å². The van der Waals surface area contributed by atoms with Crippen LogP contribution in [-0.4, -0.2) is 9.55 Å². The van der Waals surface area contributed by atoms with E-state index in [1.54, 1.807) is 17.4 Å². The summed E-state index contributed by atoms with van der Waals surface area (Å²) in [6, 6.07) is 11.1. The molecule has 0 aliphatic heterocycles. The second kappa shape index (κ2) is 4.66. The van der Waals surface area contributed by atoms with Gasteiger partial charge in [0.05, 0.1) is 16.1 Å². The molecular weight excluding hydrogens is 327 g/mol. The molecule has 0 saturated carbocycles. The zero-order valence-electron chi connectivity index (χ0n) is 10.6. The standard InChI is InChI=1S/C15H8ClFN2S2/c16-10-6-13-12(7-11(10)17)18-15(20)19(13)9-1-2-14-8(5-9)3-4-21-14/h1-7H,(H,18,20). The van der Waals surface area contributed by atoms with E-state index in [9.17, 15) is 4.39 Å². The van der Waals surface area contributed by atoms with Crippen LogP contribution in [0.15, 0.2) is 41.8 Å². The highest BCUT2D eigenvalue weighted by Crippen LogP contribution is 2.28. The molecule has 0 bridgehead atoms. The number of rotatable bonds is 1. The fraction of sp³-hybridized carbons (Fsp3) is 0. The predicted molar refractivity (Wildman–Crippen MR) is 88.8 cm³/mol. The number of H-pyrrole nitrogens is 1. The number of imidazole rings is 1. The summed E-state index contributed by atoms with van der Waals surface area (Å²) in [5.41, 5.74) is 2.33. The van der Waals surface area contributed by atoms with Gasteiger partial charge in [0.25, 0.3) is 0 Å². The van der Waals surface area contributed by atoms with Crippen LogP contribution >= 0.6 is 35.2 Å². The average Bonchev–Trinajstić information content (AvgIpc) is 3.02. The minimum Gasteiger partial charge on any atom is -0.330 e. The number of thiophene rings is 1. The van der Waals surface area contributed by atoms with Gasteiger partial charge in [-0.25, -0.2) is 4.39 Å². The molecule has 0 spiro atoms. The van der Waals surface area contributed by atoms with Crippen molar-refractivity contribution in [3.63, 3.8) is 0 Å². The van der Waals surface area contributed by atoms with Gasteiger partial charge in [-0.1, -0.05) is 11.6 Å². The van der Waals surface area contributed by atoms with E-state index in [-0.39, 0.29) is 5.02 Å². The van der Waals surface area contributed by atoms with Crippen molar-refractivity contribution in [2.75, 3.05) is 0 Å². The molecule has 0 aliphatic rings. The van der Waals surface area contributed by atoms with E-state index in [1.807, 2.05) is 10.6 Å². The van der Waals surface area contributed by atoms with Crippen LogP contribution in [0.25, 0.3) is 26.8 Å². The first-order valence-corrected chi connectivity index (χ1v) is 7.87. The Kier molecular flexibility index (Phi) is 2.89. The van der Waals surface area contributed by atoms with Crippen LogP contribution in [0.1, 0.15) is 0 Å². The highest BCUT2D eigenvalue weighted by Gasteiger charge is 2.11. The lowest BCUT2D eigenvalue weighted by Gasteiger charge is -2.05. The van der Waals surface area contributed by atoms with E-state index in [0.717, 1.165) is 16.6 Å². The molecule has 0 atom stereocenters. The molecule has 0 unspecified atom stereocenters. The summed E-state index contributed by atoms with van der Waals surface area (Å²) in [7, 11) is 0. The fourth-order valence-electron chi connectivity index (χ4n) is 2.45. The van der Waals surface area contributed by atoms with Crippen LogP contribution in [0.4, 0.5) is 4.39 Å². The van der Waals surface area contributed by atoms with Gasteiger partial charge in [0.1, 0.15) is 5.82 Å². The number of fused-ring (bicyclic) bond motifs is 2. The number of nitrogens with zero attached hydrogens (tertiary/aromatic N) is 1. The molecule has 1 N–H and O–H groups in total. The number of nitrogens with one attached hydrogen (secondary N) is 1. The zero-order chi connectivity index (χ0) is 14.6. The van der Waals surface area contributed by atoms with Crippen molar-refractivity contribution in [3.8, 4) is 5.69 Å². The minimum atomic E-state index is -0.458. The molecule has 0 fully saturated rings. The van der Waals surface area contributed by atoms with Gasteiger partial charge in [0.15, 0.2) is 4.77 Å². The second-order valence-electron chi connectivity index (χ2n) is 4.69. The Balaban J connectivity index is 2.06. The number of aromatic nitrogens is 2. The normalized spacial score (nSPS) is 11.5. The van der Waals surface area contributed by atoms with E-state index in [0.29, 0.717) is 10.3 Å². The molecule has 0 saturated heterocycles. The first-order valence-electron chi connectivity index (χ1n) is 6.21. The van der Waals surface area contributed by atoms with Crippen LogP contribution in [0.2, 0.25) is 5.02 Å². The summed E-state index contributed by atoms with van der Waals surface area (Å²) in [6.45, 7) is 0. The molecule has 0 amide bonds. The molecule has 21 heavy (non-hydrogen) atoms. The van der Waals surface area contributed by atoms with Gasteiger partial charge in [-0.2, -0.15) is 0 Å². The van der Waals surface area contributed by atoms with Crippen LogP contribution in [-0.2, 0) is 0 Å². The summed E-state index contributed by atoms with van der Waals surface area (Å²) in [5.74, 6) is -0.458. The lowest BCUT2D eigenvalue weighted by atomic mass is 10.2. The van der Waals surface area contributed by atoms with E-state index in [4.69, 9.17) is 23.8 Å². The van der Waals surface area contributed by atoms with Gasteiger partial charge in [-0.3, -0.25) is 4.57 Å². The number of hydrogen-bond acceptors (Lipinski definition) is 2. The number of halogens is 2. The van der Waals surface area contributed by atoms with Crippen LogP contribution in [0, 0.1) is 10.6 Å². The maximum atomic E-state index is 13.6. The smallest absolute Gasteiger partial charge is 0.182 e. The van der Waals surface area contributed by atoms with Crippen molar-refractivity contribution in [2.24, 2.45) is 0 Å². The van der Waals surface area contributed by atoms with E-state index < -0.39 is 5.82 Å². The highest BCUT2D eigenvalue weighted by atomic mass is 35.5. The van der Waals surface area contributed by atoms with Gasteiger partial charge in [-0.15, -0.1) is 11.3 Å². The molecular formula is C15H8ClFN2S2.